The smallest absolute Gasteiger partial charge is 0.358 e. The van der Waals surface area contributed by atoms with Gasteiger partial charge in [0.1, 0.15) is 0 Å². The molecule has 0 N–H and O–H groups in total. The average Bonchev–Trinajstić information content (AvgIpc) is 2.43. The average molecular weight is 463 g/mol. The van der Waals surface area contributed by atoms with Crippen LogP contribution in [-0.4, -0.2) is 21.9 Å². The summed E-state index contributed by atoms with van der Waals surface area (Å²) in [5.41, 5.74) is 5.15. The predicted octanol–water partition coefficient (Wildman–Crippen LogP) is 4.53. The summed E-state index contributed by atoms with van der Waals surface area (Å²) >= 11 is 1.52. The number of aryl methyl sites for hydroxylation is 1. The van der Waals surface area contributed by atoms with Gasteiger partial charge in [-0.05, 0) is 0 Å². The van der Waals surface area contributed by atoms with E-state index in [4.69, 9.17) is 0 Å². The Balaban J connectivity index is 0.000000775. The molecular weight excluding hydrogens is 438 g/mol. The van der Waals surface area contributed by atoms with Crippen molar-refractivity contribution in [2.24, 2.45) is 0 Å². The maximum atomic E-state index is 3.30. The van der Waals surface area contributed by atoms with Gasteiger partial charge in [-0.25, -0.2) is 0 Å². The second kappa shape index (κ2) is 9.05. The second-order valence-corrected chi connectivity index (χ2v) is 6.61. The number of rotatable bonds is 2. The SMILES string of the molecule is CC.Cc1cc[c-]c(C=C2C=C(N3CCC3)C=C[C]2=[W])c1.[CH3-]. The van der Waals surface area contributed by atoms with Crippen LogP contribution in [0.15, 0.2) is 47.7 Å². The van der Waals surface area contributed by atoms with Crippen LogP contribution in [0.3, 0.4) is 0 Å². The second-order valence-electron chi connectivity index (χ2n) is 5.03. The van der Waals surface area contributed by atoms with Crippen molar-refractivity contribution in [3.63, 3.8) is 0 Å². The number of benzene rings is 1. The Labute approximate surface area is 146 Å². The molecule has 0 aromatic heterocycles. The number of allylic oxidation sites excluding steroid dienone is 4. The Morgan fingerprint density at radius 3 is 2.55 bits per heavy atom. The fourth-order valence-corrected chi connectivity index (χ4v) is 2.94. The molecule has 2 heteroatoms. The topological polar surface area (TPSA) is 3.24 Å². The van der Waals surface area contributed by atoms with Crippen molar-refractivity contribution in [1.29, 1.82) is 0 Å². The van der Waals surface area contributed by atoms with Crippen LogP contribution in [0.1, 0.15) is 31.4 Å². The molecule has 2 aliphatic rings. The first-order chi connectivity index (χ1) is 10.2. The van der Waals surface area contributed by atoms with Crippen molar-refractivity contribution in [2.45, 2.75) is 27.2 Å². The van der Waals surface area contributed by atoms with E-state index >= 15 is 0 Å². The van der Waals surface area contributed by atoms with Gasteiger partial charge in [-0.15, -0.1) is 0 Å². The molecule has 0 unspecified atom stereocenters. The van der Waals surface area contributed by atoms with E-state index in [-0.39, 0.29) is 7.43 Å². The largest absolute Gasteiger partial charge is 0.358 e. The number of likely N-dealkylation sites (tertiary alicyclic amines) is 1. The van der Waals surface area contributed by atoms with E-state index in [1.54, 1.807) is 0 Å². The molecule has 1 aliphatic heterocycles. The zero-order valence-corrected chi connectivity index (χ0v) is 17.0. The van der Waals surface area contributed by atoms with E-state index in [9.17, 15) is 0 Å². The third kappa shape index (κ3) is 4.65. The van der Waals surface area contributed by atoms with Gasteiger partial charge in [0.25, 0.3) is 0 Å². The Hall–Kier alpha value is -1.20. The molecule has 1 aliphatic carbocycles. The fourth-order valence-electron chi connectivity index (χ4n) is 2.28. The zero-order valence-electron chi connectivity index (χ0n) is 14.0. The van der Waals surface area contributed by atoms with Gasteiger partial charge in [-0.1, -0.05) is 13.8 Å². The molecule has 3 rings (SSSR count). The molecule has 0 saturated carbocycles. The summed E-state index contributed by atoms with van der Waals surface area (Å²) in [6.07, 6.45) is 10.4. The van der Waals surface area contributed by atoms with Gasteiger partial charge in [0, 0.05) is 0 Å². The molecule has 1 saturated heterocycles. The molecule has 0 bridgehead atoms. The van der Waals surface area contributed by atoms with Gasteiger partial charge in [-0.2, -0.15) is 0 Å². The van der Waals surface area contributed by atoms with E-state index in [0.29, 0.717) is 0 Å². The van der Waals surface area contributed by atoms with Crippen LogP contribution in [0.5, 0.6) is 0 Å². The first-order valence-electron chi connectivity index (χ1n) is 7.61. The molecule has 1 heterocycles. The third-order valence-corrected chi connectivity index (χ3v) is 4.84. The number of hydrogen-bond donors (Lipinski definition) is 0. The Bertz CT molecular complexity index is 604. The fraction of sp³-hybridized carbons (Fsp3) is 0.300. The van der Waals surface area contributed by atoms with E-state index in [0.717, 1.165) is 0 Å². The number of nitrogens with zero attached hydrogens (tertiary/aromatic N) is 1. The Morgan fingerprint density at radius 1 is 1.23 bits per heavy atom. The third-order valence-electron chi connectivity index (χ3n) is 3.50. The van der Waals surface area contributed by atoms with Crippen LogP contribution in [0, 0.1) is 20.4 Å². The van der Waals surface area contributed by atoms with Crippen LogP contribution in [0.25, 0.3) is 6.08 Å². The molecule has 0 amide bonds. The van der Waals surface area contributed by atoms with Crippen molar-refractivity contribution in [1.82, 2.24) is 4.90 Å². The summed E-state index contributed by atoms with van der Waals surface area (Å²) in [4.78, 5) is 2.44. The van der Waals surface area contributed by atoms with Gasteiger partial charge in [0.2, 0.25) is 0 Å². The molecule has 1 aromatic rings. The monoisotopic (exact) mass is 463 g/mol. The summed E-state index contributed by atoms with van der Waals surface area (Å²) in [5, 5.41) is 0. The first kappa shape index (κ1) is 18.8. The zero-order chi connectivity index (χ0) is 15.2. The first-order valence-corrected chi connectivity index (χ1v) is 9.08. The van der Waals surface area contributed by atoms with Crippen LogP contribution >= 0.6 is 0 Å². The van der Waals surface area contributed by atoms with Gasteiger partial charge < -0.3 is 7.43 Å². The standard InChI is InChI=1S/C17H16N.C2H6.CH3.W/c1-14-5-2-6-15(11-14)12-16-7-3-8-17(13-16)18-9-4-10-18;1-2;;/h2-3,5,8,11-13H,4,9-10H2,1H3;1-2H3;1H3;/q-1;;-1;. The van der Waals surface area contributed by atoms with E-state index in [1.165, 1.54) is 65.2 Å². The Morgan fingerprint density at radius 2 is 1.95 bits per heavy atom. The quantitative estimate of drug-likeness (QED) is 0.583. The minimum absolute atomic E-state index is 0. The summed E-state index contributed by atoms with van der Waals surface area (Å²) in [6, 6.07) is 9.58. The van der Waals surface area contributed by atoms with Crippen LogP contribution in [0.4, 0.5) is 0 Å². The molecule has 0 radical (unpaired) electrons. The van der Waals surface area contributed by atoms with Gasteiger partial charge in [-0.3, -0.25) is 0 Å². The molecular formula is C20H25NW-2. The maximum Gasteiger partial charge on any atom is -0.358 e. The molecule has 1 fully saturated rings. The van der Waals surface area contributed by atoms with Crippen LogP contribution in [0.2, 0.25) is 0 Å². The van der Waals surface area contributed by atoms with E-state index in [2.05, 4.69) is 54.3 Å². The van der Waals surface area contributed by atoms with Gasteiger partial charge in [0.05, 0.1) is 0 Å². The predicted molar refractivity (Wildman–Crippen MR) is 94.2 cm³/mol. The van der Waals surface area contributed by atoms with Crippen molar-refractivity contribution in [2.75, 3.05) is 13.1 Å². The summed E-state index contributed by atoms with van der Waals surface area (Å²) < 4.78 is 1.40. The molecule has 1 aromatic carbocycles. The summed E-state index contributed by atoms with van der Waals surface area (Å²) in [5.74, 6) is 0. The number of hydrogen-bond acceptors (Lipinski definition) is 1. The summed E-state index contributed by atoms with van der Waals surface area (Å²) in [6.45, 7) is 8.53. The van der Waals surface area contributed by atoms with Crippen molar-refractivity contribution in [3.8, 4) is 0 Å². The van der Waals surface area contributed by atoms with Crippen LogP contribution in [-0.2, 0) is 19.4 Å². The molecule has 22 heavy (non-hydrogen) atoms. The molecule has 118 valence electrons. The maximum absolute atomic E-state index is 3.30. The van der Waals surface area contributed by atoms with Crippen molar-refractivity contribution < 1.29 is 19.4 Å². The molecule has 1 nitrogen and oxygen atoms in total. The van der Waals surface area contributed by atoms with E-state index in [1.807, 2.05) is 19.9 Å². The minimum Gasteiger partial charge on any atom is -0.358 e. The molecule has 0 atom stereocenters. The van der Waals surface area contributed by atoms with Crippen LogP contribution < -0.4 is 0 Å². The minimum atomic E-state index is 0. The summed E-state index contributed by atoms with van der Waals surface area (Å²) in [7, 11) is 0. The van der Waals surface area contributed by atoms with Gasteiger partial charge >= 0.3 is 126 Å². The molecule has 0 spiro atoms. The normalized spacial score (nSPS) is 18.0. The van der Waals surface area contributed by atoms with Crippen molar-refractivity contribution >= 4 is 9.97 Å². The van der Waals surface area contributed by atoms with Crippen molar-refractivity contribution in [3.05, 3.63) is 72.3 Å². The Kier molecular flexibility index (Phi) is 7.76. The van der Waals surface area contributed by atoms with E-state index < -0.39 is 0 Å². The van der Waals surface area contributed by atoms with Gasteiger partial charge in [0.15, 0.2) is 0 Å².